The number of anilines is 1. The van der Waals surface area contributed by atoms with Gasteiger partial charge in [-0.3, -0.25) is 4.40 Å². The van der Waals surface area contributed by atoms with E-state index in [4.69, 9.17) is 5.73 Å². The summed E-state index contributed by atoms with van der Waals surface area (Å²) in [5.41, 5.74) is 10.1. The Balaban J connectivity index is 2.30. The van der Waals surface area contributed by atoms with Gasteiger partial charge in [0, 0.05) is 17.4 Å². The second-order valence-corrected chi connectivity index (χ2v) is 4.24. The fraction of sp³-hybridized carbons (Fsp3) is 0.0714. The van der Waals surface area contributed by atoms with Gasteiger partial charge >= 0.3 is 0 Å². The minimum Gasteiger partial charge on any atom is -0.398 e. The van der Waals surface area contributed by atoms with Crippen molar-refractivity contribution in [3.05, 3.63) is 54.1 Å². The third-order valence-corrected chi connectivity index (χ3v) is 2.93. The van der Waals surface area contributed by atoms with Crippen molar-refractivity contribution in [2.24, 2.45) is 0 Å². The molecule has 1 aromatic carbocycles. The molecule has 0 radical (unpaired) electrons. The smallest absolute Gasteiger partial charge is 0.137 e. The van der Waals surface area contributed by atoms with Crippen LogP contribution in [0.4, 0.5) is 10.1 Å². The number of nitrogens with two attached hydrogens (primary N) is 1. The van der Waals surface area contributed by atoms with Crippen LogP contribution in [0.5, 0.6) is 0 Å². The lowest BCUT2D eigenvalue weighted by atomic mass is 10.1. The quantitative estimate of drug-likeness (QED) is 0.711. The van der Waals surface area contributed by atoms with E-state index >= 15 is 0 Å². The number of fused-ring (bicyclic) bond motifs is 1. The van der Waals surface area contributed by atoms with Crippen molar-refractivity contribution in [3.63, 3.8) is 0 Å². The average Bonchev–Trinajstić information content (AvgIpc) is 2.66. The van der Waals surface area contributed by atoms with Gasteiger partial charge in [0.2, 0.25) is 0 Å². The summed E-state index contributed by atoms with van der Waals surface area (Å²) in [6.07, 6.45) is 1.83. The first-order valence-electron chi connectivity index (χ1n) is 5.65. The minimum atomic E-state index is -0.246. The van der Waals surface area contributed by atoms with Crippen LogP contribution in [-0.4, -0.2) is 9.38 Å². The number of nitrogens with zero attached hydrogens (tertiary/aromatic N) is 2. The lowest BCUT2D eigenvalue weighted by molar-refractivity contribution is 0.628. The Bertz CT molecular complexity index is 714. The maximum Gasteiger partial charge on any atom is 0.137 e. The molecule has 3 nitrogen and oxygen atoms in total. The number of hydrogen-bond acceptors (Lipinski definition) is 2. The molecule has 0 saturated heterocycles. The third-order valence-electron chi connectivity index (χ3n) is 2.93. The Kier molecular flexibility index (Phi) is 2.30. The summed E-state index contributed by atoms with van der Waals surface area (Å²) in [5.74, 6) is -0.246. The first-order valence-corrected chi connectivity index (χ1v) is 5.65. The average molecular weight is 241 g/mol. The molecular weight excluding hydrogens is 229 g/mol. The van der Waals surface area contributed by atoms with Crippen molar-refractivity contribution in [1.29, 1.82) is 0 Å². The highest BCUT2D eigenvalue weighted by molar-refractivity contribution is 5.68. The van der Waals surface area contributed by atoms with E-state index < -0.39 is 0 Å². The van der Waals surface area contributed by atoms with E-state index in [1.807, 2.05) is 29.7 Å². The van der Waals surface area contributed by atoms with Crippen LogP contribution in [0.25, 0.3) is 16.9 Å². The Morgan fingerprint density at radius 2 is 1.83 bits per heavy atom. The predicted molar refractivity (Wildman–Crippen MR) is 69.7 cm³/mol. The molecule has 0 aliphatic heterocycles. The van der Waals surface area contributed by atoms with E-state index in [2.05, 4.69) is 4.98 Å². The number of rotatable bonds is 1. The van der Waals surface area contributed by atoms with Crippen LogP contribution < -0.4 is 5.73 Å². The van der Waals surface area contributed by atoms with Gasteiger partial charge in [0.1, 0.15) is 11.5 Å². The van der Waals surface area contributed by atoms with Crippen LogP contribution >= 0.6 is 0 Å². The molecular formula is C14H12FN3. The highest BCUT2D eigenvalue weighted by atomic mass is 19.1. The third kappa shape index (κ3) is 1.62. The van der Waals surface area contributed by atoms with Gasteiger partial charge in [0.15, 0.2) is 0 Å². The van der Waals surface area contributed by atoms with Crippen LogP contribution in [0.2, 0.25) is 0 Å². The molecule has 3 rings (SSSR count). The number of pyridine rings is 1. The van der Waals surface area contributed by atoms with Crippen molar-refractivity contribution in [2.75, 3.05) is 5.73 Å². The maximum absolute atomic E-state index is 13.0. The standard InChI is InChI=1S/C14H12FN3/c1-9-14(10-2-4-11(15)5-3-10)18-8-12(16)6-7-13(18)17-9/h2-8H,16H2,1H3. The SMILES string of the molecule is Cc1nc2ccc(N)cn2c1-c1ccc(F)cc1. The molecule has 2 aromatic heterocycles. The van der Waals surface area contributed by atoms with Gasteiger partial charge in [-0.1, -0.05) is 0 Å². The zero-order valence-corrected chi connectivity index (χ0v) is 9.89. The van der Waals surface area contributed by atoms with Crippen LogP contribution in [0.3, 0.4) is 0 Å². The van der Waals surface area contributed by atoms with Gasteiger partial charge in [0.25, 0.3) is 0 Å². The maximum atomic E-state index is 13.0. The van der Waals surface area contributed by atoms with E-state index in [1.54, 1.807) is 12.1 Å². The predicted octanol–water partition coefficient (Wildman–Crippen LogP) is 3.03. The molecule has 2 N–H and O–H groups in total. The second kappa shape index (κ2) is 3.84. The van der Waals surface area contributed by atoms with Gasteiger partial charge in [-0.15, -0.1) is 0 Å². The first-order chi connectivity index (χ1) is 8.65. The molecule has 0 aliphatic carbocycles. The summed E-state index contributed by atoms with van der Waals surface area (Å²) in [6.45, 7) is 1.93. The molecule has 4 heteroatoms. The van der Waals surface area contributed by atoms with E-state index in [0.717, 1.165) is 22.6 Å². The highest BCUT2D eigenvalue weighted by Crippen LogP contribution is 2.25. The fourth-order valence-electron chi connectivity index (χ4n) is 2.13. The number of imidazole rings is 1. The molecule has 0 atom stereocenters. The summed E-state index contributed by atoms with van der Waals surface area (Å²) in [5, 5.41) is 0. The normalized spacial score (nSPS) is 11.0. The molecule has 0 unspecified atom stereocenters. The van der Waals surface area contributed by atoms with E-state index in [9.17, 15) is 4.39 Å². The van der Waals surface area contributed by atoms with Gasteiger partial charge in [-0.05, 0) is 43.3 Å². The van der Waals surface area contributed by atoms with Gasteiger partial charge in [0.05, 0.1) is 11.4 Å². The molecule has 0 fully saturated rings. The van der Waals surface area contributed by atoms with E-state index in [0.29, 0.717) is 5.69 Å². The van der Waals surface area contributed by atoms with Crippen LogP contribution in [0.15, 0.2) is 42.6 Å². The van der Waals surface area contributed by atoms with Gasteiger partial charge < -0.3 is 5.73 Å². The molecule has 0 spiro atoms. The Hall–Kier alpha value is -2.36. The second-order valence-electron chi connectivity index (χ2n) is 4.24. The molecule has 3 aromatic rings. The van der Waals surface area contributed by atoms with Crippen molar-refractivity contribution in [3.8, 4) is 11.3 Å². The first kappa shape index (κ1) is 10.8. The highest BCUT2D eigenvalue weighted by Gasteiger charge is 2.10. The molecule has 0 aliphatic rings. The summed E-state index contributed by atoms with van der Waals surface area (Å²) >= 11 is 0. The number of hydrogen-bond donors (Lipinski definition) is 1. The number of aryl methyl sites for hydroxylation is 1. The summed E-state index contributed by atoms with van der Waals surface area (Å²) in [7, 11) is 0. The Morgan fingerprint density at radius 1 is 1.11 bits per heavy atom. The lowest BCUT2D eigenvalue weighted by Gasteiger charge is -2.04. The fourth-order valence-corrected chi connectivity index (χ4v) is 2.13. The van der Waals surface area contributed by atoms with Crippen molar-refractivity contribution in [1.82, 2.24) is 9.38 Å². The van der Waals surface area contributed by atoms with Crippen LogP contribution in [0, 0.1) is 12.7 Å². The van der Waals surface area contributed by atoms with Crippen LogP contribution in [-0.2, 0) is 0 Å². The van der Waals surface area contributed by atoms with Crippen molar-refractivity contribution in [2.45, 2.75) is 6.92 Å². The molecule has 0 bridgehead atoms. The molecule has 0 saturated carbocycles. The van der Waals surface area contributed by atoms with Crippen molar-refractivity contribution >= 4 is 11.3 Å². The number of aromatic nitrogens is 2. The van der Waals surface area contributed by atoms with E-state index in [1.165, 1.54) is 12.1 Å². The Morgan fingerprint density at radius 3 is 2.56 bits per heavy atom. The molecule has 0 amide bonds. The zero-order valence-electron chi connectivity index (χ0n) is 9.89. The number of nitrogen functional groups attached to an aromatic ring is 1. The minimum absolute atomic E-state index is 0.246. The topological polar surface area (TPSA) is 43.3 Å². The van der Waals surface area contributed by atoms with Gasteiger partial charge in [-0.25, -0.2) is 9.37 Å². The number of halogens is 1. The summed E-state index contributed by atoms with van der Waals surface area (Å²) in [6, 6.07) is 10.1. The monoisotopic (exact) mass is 241 g/mol. The van der Waals surface area contributed by atoms with Crippen molar-refractivity contribution < 1.29 is 4.39 Å². The molecule has 90 valence electrons. The lowest BCUT2D eigenvalue weighted by Crippen LogP contribution is -1.93. The largest absolute Gasteiger partial charge is 0.398 e. The molecule has 18 heavy (non-hydrogen) atoms. The summed E-state index contributed by atoms with van der Waals surface area (Å²) in [4.78, 5) is 4.47. The molecule has 2 heterocycles. The Labute approximate surface area is 104 Å². The summed E-state index contributed by atoms with van der Waals surface area (Å²) < 4.78 is 14.9. The number of benzene rings is 1. The van der Waals surface area contributed by atoms with Gasteiger partial charge in [-0.2, -0.15) is 0 Å². The zero-order chi connectivity index (χ0) is 12.7. The van der Waals surface area contributed by atoms with E-state index in [-0.39, 0.29) is 5.82 Å². The van der Waals surface area contributed by atoms with Crippen LogP contribution in [0.1, 0.15) is 5.69 Å².